The molecule has 0 N–H and O–H groups in total. The molecule has 6 nitrogen and oxygen atoms in total. The van der Waals surface area contributed by atoms with Crippen molar-refractivity contribution < 1.29 is 28.6 Å². The molecule has 0 fully saturated rings. The first-order valence-electron chi connectivity index (χ1n) is 27.7. The Labute approximate surface area is 407 Å². The quantitative estimate of drug-likeness (QED) is 0.0262. The van der Waals surface area contributed by atoms with Gasteiger partial charge in [-0.1, -0.05) is 260 Å². The number of ether oxygens (including phenoxy) is 3. The van der Waals surface area contributed by atoms with Gasteiger partial charge >= 0.3 is 17.9 Å². The smallest absolute Gasteiger partial charge is 0.306 e. The van der Waals surface area contributed by atoms with Crippen molar-refractivity contribution in [3.8, 4) is 0 Å². The first-order valence-corrected chi connectivity index (χ1v) is 27.7. The number of rotatable bonds is 49. The Bertz CT molecular complexity index is 1290. The third kappa shape index (κ3) is 51.6. The Morgan fingerprint density at radius 3 is 0.955 bits per heavy atom. The van der Waals surface area contributed by atoms with Crippen LogP contribution >= 0.6 is 0 Å². The Kier molecular flexibility index (Phi) is 51.4. The van der Waals surface area contributed by atoms with Gasteiger partial charge in [0.2, 0.25) is 0 Å². The number of hydrogen-bond acceptors (Lipinski definition) is 6. The molecule has 0 aliphatic rings. The normalized spacial score (nSPS) is 12.7. The summed E-state index contributed by atoms with van der Waals surface area (Å²) < 4.78 is 16.8. The lowest BCUT2D eigenvalue weighted by molar-refractivity contribution is -0.167. The molecule has 0 aromatic carbocycles. The van der Waals surface area contributed by atoms with Gasteiger partial charge in [0.05, 0.1) is 0 Å². The Morgan fingerprint density at radius 1 is 0.318 bits per heavy atom. The van der Waals surface area contributed by atoms with Crippen molar-refractivity contribution >= 4 is 17.9 Å². The average Bonchev–Trinajstić information content (AvgIpc) is 3.31. The Hall–Kier alpha value is -3.41. The number of allylic oxidation sites excluding steroid dienone is 14. The first kappa shape index (κ1) is 62.6. The SMILES string of the molecule is CC\C=C/C=C\C=C/C=C\C=C/CCCCCC(=O)OCC(COC(=O)CCCCCCCCCCCCCCCCCCC)OC(=O)CCCCC/C=C\C=C/CCCCCCCCC. The molecule has 0 radical (unpaired) electrons. The van der Waals surface area contributed by atoms with Gasteiger partial charge in [-0.25, -0.2) is 0 Å². The van der Waals surface area contributed by atoms with E-state index in [0.29, 0.717) is 12.8 Å². The third-order valence-corrected chi connectivity index (χ3v) is 11.8. The third-order valence-electron chi connectivity index (χ3n) is 11.8. The molecule has 0 heterocycles. The van der Waals surface area contributed by atoms with Gasteiger partial charge in [-0.05, 0) is 64.2 Å². The van der Waals surface area contributed by atoms with Gasteiger partial charge in [0.1, 0.15) is 13.2 Å². The van der Waals surface area contributed by atoms with E-state index in [1.165, 1.54) is 135 Å². The minimum atomic E-state index is -0.807. The highest BCUT2D eigenvalue weighted by Crippen LogP contribution is 2.16. The van der Waals surface area contributed by atoms with Crippen LogP contribution in [-0.2, 0) is 28.6 Å². The zero-order valence-electron chi connectivity index (χ0n) is 43.2. The first-order chi connectivity index (χ1) is 32.5. The number of carbonyl (C=O) groups excluding carboxylic acids is 3. The molecule has 0 rings (SSSR count). The molecule has 0 aliphatic heterocycles. The fourth-order valence-corrected chi connectivity index (χ4v) is 7.63. The molecule has 0 bridgehead atoms. The van der Waals surface area contributed by atoms with Gasteiger partial charge in [-0.2, -0.15) is 0 Å². The zero-order valence-corrected chi connectivity index (χ0v) is 43.2. The minimum Gasteiger partial charge on any atom is -0.462 e. The van der Waals surface area contributed by atoms with Gasteiger partial charge in [-0.15, -0.1) is 0 Å². The van der Waals surface area contributed by atoms with Crippen molar-refractivity contribution in [3.63, 3.8) is 0 Å². The predicted molar refractivity (Wildman–Crippen MR) is 284 cm³/mol. The maximum Gasteiger partial charge on any atom is 0.306 e. The Morgan fingerprint density at radius 2 is 0.591 bits per heavy atom. The molecule has 0 saturated carbocycles. The van der Waals surface area contributed by atoms with E-state index in [4.69, 9.17) is 14.2 Å². The topological polar surface area (TPSA) is 78.9 Å². The van der Waals surface area contributed by atoms with E-state index in [-0.39, 0.29) is 37.5 Å². The fourth-order valence-electron chi connectivity index (χ4n) is 7.63. The van der Waals surface area contributed by atoms with Crippen molar-refractivity contribution in [1.29, 1.82) is 0 Å². The van der Waals surface area contributed by atoms with E-state index in [1.807, 2.05) is 48.6 Å². The molecule has 1 atom stereocenters. The summed E-state index contributed by atoms with van der Waals surface area (Å²) in [5.41, 5.74) is 0. The van der Waals surface area contributed by atoms with Gasteiger partial charge in [-0.3, -0.25) is 14.4 Å². The van der Waals surface area contributed by atoms with Crippen molar-refractivity contribution in [2.75, 3.05) is 13.2 Å². The molecule has 0 aromatic rings. The molecular formula is C60H102O6. The lowest BCUT2D eigenvalue weighted by atomic mass is 10.0. The molecule has 378 valence electrons. The second kappa shape index (κ2) is 54.2. The van der Waals surface area contributed by atoms with E-state index in [0.717, 1.165) is 83.5 Å². The summed E-state index contributed by atoms with van der Waals surface area (Å²) in [6, 6.07) is 0. The number of esters is 3. The van der Waals surface area contributed by atoms with Crippen LogP contribution in [0.3, 0.4) is 0 Å². The van der Waals surface area contributed by atoms with Crippen LogP contribution in [-0.4, -0.2) is 37.2 Å². The van der Waals surface area contributed by atoms with Gasteiger partial charge in [0, 0.05) is 19.3 Å². The van der Waals surface area contributed by atoms with E-state index in [1.54, 1.807) is 0 Å². The van der Waals surface area contributed by atoms with Gasteiger partial charge < -0.3 is 14.2 Å². The summed E-state index contributed by atoms with van der Waals surface area (Å²) in [5.74, 6) is -0.964. The standard InChI is InChI=1S/C60H102O6/c1-4-7-10-13-16-19-22-25-28-30-33-35-38-41-44-47-50-53-59(62)65-56-57(55-64-58(61)52-49-46-43-40-37-34-31-27-24-21-18-15-12-9-6-3)66-60(63)54-51-48-45-42-39-36-32-29-26-23-20-17-14-11-8-5-2/h9,12,15,18,21,24,27,29,31-32,34,36-37,39,57H,4-8,10-11,13-14,16-17,19-20,22-23,25-26,28,30,33,35,38,40-56H2,1-3H3/b12-9-,18-15-,24-21-,31-27-,32-29-,37-34-,39-36-. The van der Waals surface area contributed by atoms with Crippen LogP contribution in [0.25, 0.3) is 0 Å². The van der Waals surface area contributed by atoms with Crippen molar-refractivity contribution in [1.82, 2.24) is 0 Å². The monoisotopic (exact) mass is 919 g/mol. The summed E-state index contributed by atoms with van der Waals surface area (Å²) in [4.78, 5) is 38.1. The van der Waals surface area contributed by atoms with E-state index in [2.05, 4.69) is 57.2 Å². The highest BCUT2D eigenvalue weighted by Gasteiger charge is 2.19. The largest absolute Gasteiger partial charge is 0.462 e. The van der Waals surface area contributed by atoms with Gasteiger partial charge in [0.25, 0.3) is 0 Å². The molecule has 1 unspecified atom stereocenters. The molecule has 6 heteroatoms. The summed E-state index contributed by atoms with van der Waals surface area (Å²) in [6.45, 7) is 6.45. The predicted octanol–water partition coefficient (Wildman–Crippen LogP) is 18.4. The summed E-state index contributed by atoms with van der Waals surface area (Å²) in [6.07, 6.45) is 70.0. The van der Waals surface area contributed by atoms with Crippen molar-refractivity contribution in [3.05, 3.63) is 85.1 Å². The molecule has 0 aromatic heterocycles. The maximum atomic E-state index is 12.8. The second-order valence-electron chi connectivity index (χ2n) is 18.3. The minimum absolute atomic E-state index is 0.0995. The Balaban J connectivity index is 4.48. The van der Waals surface area contributed by atoms with Crippen LogP contribution in [0, 0.1) is 0 Å². The molecule has 66 heavy (non-hydrogen) atoms. The van der Waals surface area contributed by atoms with E-state index in [9.17, 15) is 14.4 Å². The molecule has 0 amide bonds. The molecule has 0 saturated heterocycles. The molecule has 0 aliphatic carbocycles. The molecular weight excluding hydrogens is 817 g/mol. The van der Waals surface area contributed by atoms with Crippen LogP contribution in [0.2, 0.25) is 0 Å². The fraction of sp³-hybridized carbons (Fsp3) is 0.717. The van der Waals surface area contributed by atoms with E-state index >= 15 is 0 Å². The summed E-state index contributed by atoms with van der Waals surface area (Å²) in [7, 11) is 0. The van der Waals surface area contributed by atoms with Crippen LogP contribution in [0.5, 0.6) is 0 Å². The highest BCUT2D eigenvalue weighted by atomic mass is 16.6. The lowest BCUT2D eigenvalue weighted by Gasteiger charge is -2.18. The number of unbranched alkanes of at least 4 members (excludes halogenated alkanes) is 29. The zero-order chi connectivity index (χ0) is 47.9. The van der Waals surface area contributed by atoms with Crippen LogP contribution in [0.15, 0.2) is 85.1 Å². The second-order valence-corrected chi connectivity index (χ2v) is 18.3. The van der Waals surface area contributed by atoms with Crippen molar-refractivity contribution in [2.24, 2.45) is 0 Å². The van der Waals surface area contributed by atoms with Crippen LogP contribution in [0.4, 0.5) is 0 Å². The number of hydrogen-bond donors (Lipinski definition) is 0. The summed E-state index contributed by atoms with van der Waals surface area (Å²) in [5, 5.41) is 0. The lowest BCUT2D eigenvalue weighted by Crippen LogP contribution is -2.30. The van der Waals surface area contributed by atoms with Crippen LogP contribution in [0.1, 0.15) is 258 Å². The van der Waals surface area contributed by atoms with Gasteiger partial charge in [0.15, 0.2) is 6.10 Å². The van der Waals surface area contributed by atoms with Crippen molar-refractivity contribution in [2.45, 2.75) is 264 Å². The maximum absolute atomic E-state index is 12.8. The summed E-state index contributed by atoms with van der Waals surface area (Å²) >= 11 is 0. The molecule has 0 spiro atoms. The highest BCUT2D eigenvalue weighted by molar-refractivity contribution is 5.71. The average molecular weight is 919 g/mol. The van der Waals surface area contributed by atoms with E-state index < -0.39 is 6.10 Å². The number of carbonyl (C=O) groups is 3. The van der Waals surface area contributed by atoms with Crippen LogP contribution < -0.4 is 0 Å².